The second-order valence-corrected chi connectivity index (χ2v) is 6.74. The van der Waals surface area contributed by atoms with Crippen LogP contribution >= 0.6 is 0 Å². The van der Waals surface area contributed by atoms with Gasteiger partial charge >= 0.3 is 0 Å². The van der Waals surface area contributed by atoms with Crippen molar-refractivity contribution in [1.82, 2.24) is 0 Å². The van der Waals surface area contributed by atoms with Crippen molar-refractivity contribution in [2.24, 2.45) is 11.8 Å². The molecule has 0 aliphatic rings. The van der Waals surface area contributed by atoms with E-state index in [1.165, 1.54) is 5.56 Å². The van der Waals surface area contributed by atoms with Crippen molar-refractivity contribution in [2.45, 2.75) is 46.0 Å². The summed E-state index contributed by atoms with van der Waals surface area (Å²) < 4.78 is 13.7. The SMILES string of the molecule is CC(CCC(c1ccccc1)C(C)C)Cc1ccccc1F. The van der Waals surface area contributed by atoms with Crippen molar-refractivity contribution in [3.63, 3.8) is 0 Å². The summed E-state index contributed by atoms with van der Waals surface area (Å²) in [6.45, 7) is 6.81. The van der Waals surface area contributed by atoms with Crippen molar-refractivity contribution >= 4 is 0 Å². The van der Waals surface area contributed by atoms with Crippen molar-refractivity contribution < 1.29 is 4.39 Å². The maximum Gasteiger partial charge on any atom is 0.126 e. The van der Waals surface area contributed by atoms with Gasteiger partial charge in [-0.25, -0.2) is 4.39 Å². The largest absolute Gasteiger partial charge is 0.207 e. The van der Waals surface area contributed by atoms with Gasteiger partial charge < -0.3 is 0 Å². The van der Waals surface area contributed by atoms with Crippen LogP contribution in [0.3, 0.4) is 0 Å². The molecule has 0 N–H and O–H groups in total. The number of hydrogen-bond acceptors (Lipinski definition) is 0. The zero-order valence-electron chi connectivity index (χ0n) is 13.9. The Morgan fingerprint density at radius 3 is 2.09 bits per heavy atom. The minimum absolute atomic E-state index is 0.0715. The molecule has 0 spiro atoms. The van der Waals surface area contributed by atoms with E-state index in [4.69, 9.17) is 0 Å². The Labute approximate surface area is 134 Å². The first kappa shape index (κ1) is 16.7. The Hall–Kier alpha value is -1.63. The Kier molecular flexibility index (Phi) is 6.18. The molecule has 118 valence electrons. The zero-order chi connectivity index (χ0) is 15.9. The topological polar surface area (TPSA) is 0 Å². The van der Waals surface area contributed by atoms with Gasteiger partial charge in [0.25, 0.3) is 0 Å². The summed E-state index contributed by atoms with van der Waals surface area (Å²) in [6, 6.07) is 17.9. The first-order chi connectivity index (χ1) is 10.6. The summed E-state index contributed by atoms with van der Waals surface area (Å²) in [7, 11) is 0. The number of rotatable bonds is 7. The molecule has 2 atom stereocenters. The monoisotopic (exact) mass is 298 g/mol. The predicted octanol–water partition coefficient (Wildman–Crippen LogP) is 6.22. The molecule has 0 amide bonds. The van der Waals surface area contributed by atoms with Crippen molar-refractivity contribution in [2.75, 3.05) is 0 Å². The average Bonchev–Trinajstić information content (AvgIpc) is 2.50. The maximum atomic E-state index is 13.7. The van der Waals surface area contributed by atoms with Gasteiger partial charge in [-0.05, 0) is 54.2 Å². The van der Waals surface area contributed by atoms with Gasteiger partial charge in [-0.1, -0.05) is 69.3 Å². The minimum atomic E-state index is -0.0715. The Morgan fingerprint density at radius 1 is 0.818 bits per heavy atom. The van der Waals surface area contributed by atoms with Gasteiger partial charge in [-0.15, -0.1) is 0 Å². The molecule has 1 heteroatoms. The zero-order valence-corrected chi connectivity index (χ0v) is 13.9. The van der Waals surface area contributed by atoms with Crippen LogP contribution in [-0.2, 0) is 6.42 Å². The maximum absolute atomic E-state index is 13.7. The Bertz CT molecular complexity index is 559. The van der Waals surface area contributed by atoms with E-state index in [0.29, 0.717) is 17.8 Å². The second-order valence-electron chi connectivity index (χ2n) is 6.74. The number of halogens is 1. The highest BCUT2D eigenvalue weighted by Gasteiger charge is 2.17. The molecule has 0 aliphatic carbocycles. The molecule has 0 saturated heterocycles. The molecule has 0 heterocycles. The fraction of sp³-hybridized carbons (Fsp3) is 0.429. The molecule has 2 unspecified atom stereocenters. The van der Waals surface area contributed by atoms with Crippen LogP contribution in [0.2, 0.25) is 0 Å². The molecule has 0 nitrogen and oxygen atoms in total. The van der Waals surface area contributed by atoms with Gasteiger partial charge in [0.05, 0.1) is 0 Å². The highest BCUT2D eigenvalue weighted by atomic mass is 19.1. The lowest BCUT2D eigenvalue weighted by Gasteiger charge is -2.23. The first-order valence-electron chi connectivity index (χ1n) is 8.36. The fourth-order valence-corrected chi connectivity index (χ4v) is 3.19. The summed E-state index contributed by atoms with van der Waals surface area (Å²) >= 11 is 0. The Balaban J connectivity index is 1.94. The summed E-state index contributed by atoms with van der Waals surface area (Å²) in [6.07, 6.45) is 3.12. The van der Waals surface area contributed by atoms with E-state index in [9.17, 15) is 4.39 Å². The second kappa shape index (κ2) is 8.12. The van der Waals surface area contributed by atoms with Crippen molar-refractivity contribution in [3.8, 4) is 0 Å². The number of hydrogen-bond donors (Lipinski definition) is 0. The first-order valence-corrected chi connectivity index (χ1v) is 8.36. The molecule has 2 aromatic carbocycles. The van der Waals surface area contributed by atoms with E-state index in [-0.39, 0.29) is 5.82 Å². The molecule has 0 bridgehead atoms. The highest BCUT2D eigenvalue weighted by Crippen LogP contribution is 2.31. The van der Waals surface area contributed by atoms with Crippen LogP contribution in [0.4, 0.5) is 4.39 Å². The van der Waals surface area contributed by atoms with Crippen molar-refractivity contribution in [3.05, 3.63) is 71.5 Å². The van der Waals surface area contributed by atoms with Gasteiger partial charge in [0, 0.05) is 0 Å². The third-order valence-corrected chi connectivity index (χ3v) is 4.53. The molecule has 2 aromatic rings. The molecule has 22 heavy (non-hydrogen) atoms. The van der Waals surface area contributed by atoms with Crippen LogP contribution in [0.1, 0.15) is 50.7 Å². The van der Waals surface area contributed by atoms with Gasteiger partial charge in [0.15, 0.2) is 0 Å². The molecule has 0 radical (unpaired) electrons. The van der Waals surface area contributed by atoms with E-state index in [1.807, 2.05) is 12.1 Å². The quantitative estimate of drug-likeness (QED) is 0.569. The molecule has 0 fully saturated rings. The number of benzene rings is 2. The minimum Gasteiger partial charge on any atom is -0.207 e. The van der Waals surface area contributed by atoms with Crippen molar-refractivity contribution in [1.29, 1.82) is 0 Å². The Morgan fingerprint density at radius 2 is 1.45 bits per heavy atom. The van der Waals surface area contributed by atoms with Crippen LogP contribution in [-0.4, -0.2) is 0 Å². The van der Waals surface area contributed by atoms with Gasteiger partial charge in [0.1, 0.15) is 5.82 Å². The van der Waals surface area contributed by atoms with Crippen LogP contribution < -0.4 is 0 Å². The highest BCUT2D eigenvalue weighted by molar-refractivity contribution is 5.20. The lowest BCUT2D eigenvalue weighted by atomic mass is 9.82. The van der Waals surface area contributed by atoms with Gasteiger partial charge in [-0.2, -0.15) is 0 Å². The lowest BCUT2D eigenvalue weighted by Crippen LogP contribution is -2.10. The van der Waals surface area contributed by atoms with E-state index in [0.717, 1.165) is 24.8 Å². The fourth-order valence-electron chi connectivity index (χ4n) is 3.19. The molecule has 0 aliphatic heterocycles. The van der Waals surface area contributed by atoms with Crippen LogP contribution in [0.15, 0.2) is 54.6 Å². The average molecular weight is 298 g/mol. The van der Waals surface area contributed by atoms with Crippen LogP contribution in [0.5, 0.6) is 0 Å². The standard InChI is InChI=1S/C21H27F/c1-16(2)20(18-9-5-4-6-10-18)14-13-17(3)15-19-11-7-8-12-21(19)22/h4-12,16-17,20H,13-15H2,1-3H3. The summed E-state index contributed by atoms with van der Waals surface area (Å²) in [5, 5.41) is 0. The van der Waals surface area contributed by atoms with E-state index in [1.54, 1.807) is 12.1 Å². The van der Waals surface area contributed by atoms with Gasteiger partial charge in [-0.3, -0.25) is 0 Å². The van der Waals surface area contributed by atoms with E-state index >= 15 is 0 Å². The van der Waals surface area contributed by atoms with Gasteiger partial charge in [0.2, 0.25) is 0 Å². The third kappa shape index (κ3) is 4.69. The smallest absolute Gasteiger partial charge is 0.126 e. The molecule has 2 rings (SSSR count). The molecular weight excluding hydrogens is 271 g/mol. The normalized spacial score (nSPS) is 14.0. The predicted molar refractivity (Wildman–Crippen MR) is 92.5 cm³/mol. The van der Waals surface area contributed by atoms with E-state index in [2.05, 4.69) is 51.1 Å². The van der Waals surface area contributed by atoms with Crippen LogP contribution in [0.25, 0.3) is 0 Å². The third-order valence-electron chi connectivity index (χ3n) is 4.53. The molecular formula is C21H27F. The molecule has 0 aromatic heterocycles. The summed E-state index contributed by atoms with van der Waals surface area (Å²) in [5.41, 5.74) is 2.27. The molecule has 0 saturated carbocycles. The summed E-state index contributed by atoms with van der Waals surface area (Å²) in [4.78, 5) is 0. The van der Waals surface area contributed by atoms with Crippen LogP contribution in [0, 0.1) is 17.7 Å². The van der Waals surface area contributed by atoms with E-state index < -0.39 is 0 Å². The lowest BCUT2D eigenvalue weighted by molar-refractivity contribution is 0.403. The summed E-state index contributed by atoms with van der Waals surface area (Å²) in [5.74, 6) is 1.65.